The van der Waals surface area contributed by atoms with Gasteiger partial charge in [0, 0.05) is 37.2 Å². The predicted molar refractivity (Wildman–Crippen MR) is 96.1 cm³/mol. The maximum atomic E-state index is 13.2. The number of amides is 1. The second kappa shape index (κ2) is 10.2. The van der Waals surface area contributed by atoms with Crippen molar-refractivity contribution in [2.24, 2.45) is 5.92 Å². The van der Waals surface area contributed by atoms with Crippen LogP contribution in [-0.2, 0) is 16.1 Å². The number of benzene rings is 1. The molecule has 1 aliphatic heterocycles. The molecule has 0 saturated carbocycles. The number of hydrogen-bond acceptors (Lipinski definition) is 3. The summed E-state index contributed by atoms with van der Waals surface area (Å²) in [6.07, 6.45) is 1.67. The number of hydrogen-bond donors (Lipinski definition) is 1. The molecule has 136 valence electrons. The average Bonchev–Trinajstić information content (AvgIpc) is 2.52. The highest BCUT2D eigenvalue weighted by molar-refractivity contribution is 6.31. The molecule has 2 atom stereocenters. The van der Waals surface area contributed by atoms with E-state index in [4.69, 9.17) is 16.3 Å². The van der Waals surface area contributed by atoms with Gasteiger partial charge >= 0.3 is 0 Å². The van der Waals surface area contributed by atoms with Crippen molar-refractivity contribution in [1.29, 1.82) is 0 Å². The zero-order valence-electron chi connectivity index (χ0n) is 14.1. The predicted octanol–water partition coefficient (Wildman–Crippen LogP) is 3.26. The highest BCUT2D eigenvalue weighted by Crippen LogP contribution is 2.23. The zero-order chi connectivity index (χ0) is 16.8. The van der Waals surface area contributed by atoms with E-state index < -0.39 is 0 Å². The van der Waals surface area contributed by atoms with Crippen LogP contribution in [0.15, 0.2) is 18.2 Å². The Hall–Kier alpha value is -0.880. The fourth-order valence-corrected chi connectivity index (χ4v) is 3.17. The Balaban J connectivity index is 0.00000288. The van der Waals surface area contributed by atoms with Crippen molar-refractivity contribution in [2.45, 2.75) is 32.4 Å². The molecule has 1 amide bonds. The Labute approximate surface area is 154 Å². The zero-order valence-corrected chi connectivity index (χ0v) is 15.6. The molecule has 1 aliphatic rings. The molecular formula is C17H25Cl2FN2O2. The van der Waals surface area contributed by atoms with Gasteiger partial charge in [-0.05, 0) is 44.0 Å². The number of nitrogens with zero attached hydrogens (tertiary/aromatic N) is 1. The third kappa shape index (κ3) is 5.88. The first-order valence-electron chi connectivity index (χ1n) is 7.96. The molecule has 1 N–H and O–H groups in total. The molecule has 0 radical (unpaired) electrons. The molecular weight excluding hydrogens is 354 g/mol. The molecule has 24 heavy (non-hydrogen) atoms. The van der Waals surface area contributed by atoms with Crippen molar-refractivity contribution in [1.82, 2.24) is 10.2 Å². The molecule has 1 saturated heterocycles. The maximum Gasteiger partial charge on any atom is 0.226 e. The van der Waals surface area contributed by atoms with E-state index in [1.54, 1.807) is 18.1 Å². The smallest absolute Gasteiger partial charge is 0.226 e. The molecule has 4 nitrogen and oxygen atoms in total. The lowest BCUT2D eigenvalue weighted by Crippen LogP contribution is -2.44. The van der Waals surface area contributed by atoms with Crippen LogP contribution in [0.3, 0.4) is 0 Å². The van der Waals surface area contributed by atoms with Gasteiger partial charge < -0.3 is 15.0 Å². The number of rotatable bonds is 6. The summed E-state index contributed by atoms with van der Waals surface area (Å²) in [6.45, 7) is 4.29. The first-order valence-corrected chi connectivity index (χ1v) is 8.34. The first-order chi connectivity index (χ1) is 11.0. The molecule has 1 fully saturated rings. The van der Waals surface area contributed by atoms with E-state index in [2.05, 4.69) is 12.2 Å². The molecule has 0 aliphatic carbocycles. The number of methoxy groups -OCH3 is 1. The molecule has 2 rings (SSSR count). The number of piperidine rings is 1. The van der Waals surface area contributed by atoms with Gasteiger partial charge in [0.1, 0.15) is 5.82 Å². The minimum atomic E-state index is -0.374. The van der Waals surface area contributed by atoms with Crippen molar-refractivity contribution < 1.29 is 13.9 Å². The summed E-state index contributed by atoms with van der Waals surface area (Å²) < 4.78 is 18.3. The van der Waals surface area contributed by atoms with E-state index in [1.165, 1.54) is 12.1 Å². The highest BCUT2D eigenvalue weighted by Gasteiger charge is 2.28. The van der Waals surface area contributed by atoms with E-state index in [-0.39, 0.29) is 30.0 Å². The summed E-state index contributed by atoms with van der Waals surface area (Å²) in [5.41, 5.74) is 0.750. The van der Waals surface area contributed by atoms with Gasteiger partial charge in [0.15, 0.2) is 0 Å². The van der Waals surface area contributed by atoms with E-state index in [0.717, 1.165) is 24.9 Å². The van der Waals surface area contributed by atoms with Crippen LogP contribution in [0.25, 0.3) is 0 Å². The number of ether oxygens (including phenoxy) is 1. The summed E-state index contributed by atoms with van der Waals surface area (Å²) in [5.74, 6) is -0.237. The van der Waals surface area contributed by atoms with Gasteiger partial charge in [-0.15, -0.1) is 12.4 Å². The second-order valence-electron chi connectivity index (χ2n) is 6.06. The fraction of sp³-hybridized carbons (Fsp3) is 0.588. The summed E-state index contributed by atoms with van der Waals surface area (Å²) in [6, 6.07) is 4.63. The van der Waals surface area contributed by atoms with Crippen LogP contribution in [0.4, 0.5) is 4.39 Å². The quantitative estimate of drug-likeness (QED) is 0.825. The van der Waals surface area contributed by atoms with Gasteiger partial charge in [0.2, 0.25) is 5.91 Å². The van der Waals surface area contributed by atoms with Crippen LogP contribution < -0.4 is 5.32 Å². The summed E-state index contributed by atoms with van der Waals surface area (Å²) >= 11 is 6.10. The van der Waals surface area contributed by atoms with Gasteiger partial charge in [-0.3, -0.25) is 4.79 Å². The molecule has 0 bridgehead atoms. The van der Waals surface area contributed by atoms with Gasteiger partial charge in [0.25, 0.3) is 0 Å². The lowest BCUT2D eigenvalue weighted by atomic mass is 9.92. The summed E-state index contributed by atoms with van der Waals surface area (Å²) in [5, 5.41) is 3.70. The Kier molecular flexibility index (Phi) is 8.98. The third-order valence-electron chi connectivity index (χ3n) is 4.23. The molecule has 1 aromatic rings. The van der Waals surface area contributed by atoms with Crippen LogP contribution in [0.1, 0.15) is 25.3 Å². The Morgan fingerprint density at radius 3 is 2.88 bits per heavy atom. The highest BCUT2D eigenvalue weighted by atomic mass is 35.5. The van der Waals surface area contributed by atoms with Crippen LogP contribution in [0, 0.1) is 11.7 Å². The molecule has 1 aromatic carbocycles. The van der Waals surface area contributed by atoms with E-state index in [9.17, 15) is 9.18 Å². The monoisotopic (exact) mass is 378 g/mol. The van der Waals surface area contributed by atoms with Gasteiger partial charge in [-0.2, -0.15) is 0 Å². The molecule has 0 unspecified atom stereocenters. The van der Waals surface area contributed by atoms with Crippen LogP contribution in [0.2, 0.25) is 5.02 Å². The lowest BCUT2D eigenvalue weighted by Gasteiger charge is -2.32. The number of carbonyl (C=O) groups is 1. The van der Waals surface area contributed by atoms with Crippen LogP contribution in [0.5, 0.6) is 0 Å². The minimum Gasteiger partial charge on any atom is -0.383 e. The van der Waals surface area contributed by atoms with E-state index >= 15 is 0 Å². The first kappa shape index (κ1) is 21.2. The molecule has 0 aromatic heterocycles. The van der Waals surface area contributed by atoms with Crippen LogP contribution in [-0.4, -0.2) is 43.7 Å². The SMILES string of the molecule is COCCN(Cc1ccc(F)cc1Cl)C(=O)[C@H]1CCN[C@@H](C)C1.Cl. The van der Waals surface area contributed by atoms with Gasteiger partial charge in [0.05, 0.1) is 6.61 Å². The average molecular weight is 379 g/mol. The number of nitrogens with one attached hydrogen (secondary N) is 1. The van der Waals surface area contributed by atoms with Crippen molar-refractivity contribution in [3.05, 3.63) is 34.6 Å². The Morgan fingerprint density at radius 1 is 1.50 bits per heavy atom. The normalized spacial score (nSPS) is 20.3. The van der Waals surface area contributed by atoms with Gasteiger partial charge in [-0.1, -0.05) is 17.7 Å². The molecule has 0 spiro atoms. The van der Waals surface area contributed by atoms with E-state index in [1.807, 2.05) is 0 Å². The number of halogens is 3. The topological polar surface area (TPSA) is 41.6 Å². The second-order valence-corrected chi connectivity index (χ2v) is 6.47. The van der Waals surface area contributed by atoms with Crippen molar-refractivity contribution in [2.75, 3.05) is 26.8 Å². The Bertz CT molecular complexity index is 545. The van der Waals surface area contributed by atoms with Crippen molar-refractivity contribution >= 4 is 29.9 Å². The fourth-order valence-electron chi connectivity index (χ4n) is 2.94. The minimum absolute atomic E-state index is 0. The maximum absolute atomic E-state index is 13.2. The molecule has 1 heterocycles. The van der Waals surface area contributed by atoms with Crippen LogP contribution >= 0.6 is 24.0 Å². The largest absolute Gasteiger partial charge is 0.383 e. The van der Waals surface area contributed by atoms with Crippen molar-refractivity contribution in [3.8, 4) is 0 Å². The van der Waals surface area contributed by atoms with Gasteiger partial charge in [-0.25, -0.2) is 4.39 Å². The lowest BCUT2D eigenvalue weighted by molar-refractivity contribution is -0.138. The third-order valence-corrected chi connectivity index (χ3v) is 4.58. The summed E-state index contributed by atoms with van der Waals surface area (Å²) in [7, 11) is 1.61. The summed E-state index contributed by atoms with van der Waals surface area (Å²) in [4.78, 5) is 14.6. The van der Waals surface area contributed by atoms with E-state index in [0.29, 0.717) is 30.8 Å². The molecule has 7 heteroatoms. The number of carbonyl (C=O) groups excluding carboxylic acids is 1. The van der Waals surface area contributed by atoms with Crippen molar-refractivity contribution in [3.63, 3.8) is 0 Å². The Morgan fingerprint density at radius 2 is 2.25 bits per heavy atom. The standard InChI is InChI=1S/C17H24ClFN2O2.ClH/c1-12-9-13(5-6-20-12)17(22)21(7-8-23-2)11-14-3-4-15(19)10-16(14)18;/h3-4,10,12-13,20H,5-9,11H2,1-2H3;1H/t12-,13-;/m0./s1.